The summed E-state index contributed by atoms with van der Waals surface area (Å²) in [5.41, 5.74) is 0.562. The van der Waals surface area contributed by atoms with Gasteiger partial charge in [0.15, 0.2) is 0 Å². The van der Waals surface area contributed by atoms with Crippen molar-refractivity contribution >= 4 is 27.5 Å². The molecule has 19 heavy (non-hydrogen) atoms. The molecule has 0 atom stereocenters. The molecule has 0 heterocycles. The van der Waals surface area contributed by atoms with Gasteiger partial charge >= 0.3 is 0 Å². The van der Waals surface area contributed by atoms with E-state index in [1.807, 2.05) is 0 Å². The zero-order chi connectivity index (χ0) is 14.0. The minimum atomic E-state index is -0.585. The fourth-order valence-electron chi connectivity index (χ4n) is 1.64. The molecule has 1 amide bonds. The Morgan fingerprint density at radius 3 is 2.47 bits per heavy atom. The van der Waals surface area contributed by atoms with E-state index in [0.717, 1.165) is 0 Å². The maximum absolute atomic E-state index is 13.9. The topological polar surface area (TPSA) is 40.5 Å². The van der Waals surface area contributed by atoms with Crippen LogP contribution in [0.1, 0.15) is 10.4 Å². The number of nitrogens with zero attached hydrogens (tertiary/aromatic N) is 1. The SMILES string of the molecule is CN(C(=O)c1cccc(Br)c1F)c1ccc(O)cc1. The van der Waals surface area contributed by atoms with Gasteiger partial charge in [0, 0.05) is 12.7 Å². The first kappa shape index (κ1) is 13.5. The van der Waals surface area contributed by atoms with E-state index in [1.54, 1.807) is 25.2 Å². The lowest BCUT2D eigenvalue weighted by atomic mass is 10.1. The predicted octanol–water partition coefficient (Wildman–Crippen LogP) is 3.57. The zero-order valence-electron chi connectivity index (χ0n) is 10.1. The molecule has 0 saturated carbocycles. The van der Waals surface area contributed by atoms with E-state index in [9.17, 15) is 14.3 Å². The Balaban J connectivity index is 2.33. The van der Waals surface area contributed by atoms with E-state index in [0.29, 0.717) is 5.69 Å². The summed E-state index contributed by atoms with van der Waals surface area (Å²) in [6.07, 6.45) is 0. The Bertz CT molecular complexity index is 613. The van der Waals surface area contributed by atoms with Crippen molar-refractivity contribution in [3.8, 4) is 5.75 Å². The molecule has 5 heteroatoms. The number of hydrogen-bond donors (Lipinski definition) is 1. The number of phenols is 1. The molecule has 98 valence electrons. The van der Waals surface area contributed by atoms with Gasteiger partial charge in [-0.05, 0) is 52.3 Å². The number of carbonyl (C=O) groups is 1. The maximum atomic E-state index is 13.9. The molecule has 0 fully saturated rings. The molecule has 0 aliphatic heterocycles. The smallest absolute Gasteiger partial charge is 0.261 e. The molecule has 0 aliphatic carbocycles. The molecule has 2 aromatic carbocycles. The zero-order valence-corrected chi connectivity index (χ0v) is 11.7. The maximum Gasteiger partial charge on any atom is 0.261 e. The summed E-state index contributed by atoms with van der Waals surface area (Å²) in [5, 5.41) is 9.20. The van der Waals surface area contributed by atoms with Crippen molar-refractivity contribution in [2.24, 2.45) is 0 Å². The van der Waals surface area contributed by atoms with Gasteiger partial charge in [0.05, 0.1) is 10.0 Å². The van der Waals surface area contributed by atoms with Gasteiger partial charge in [-0.15, -0.1) is 0 Å². The van der Waals surface area contributed by atoms with E-state index in [2.05, 4.69) is 15.9 Å². The minimum Gasteiger partial charge on any atom is -0.508 e. The Morgan fingerprint density at radius 2 is 1.84 bits per heavy atom. The second kappa shape index (κ2) is 5.40. The Morgan fingerprint density at radius 1 is 1.21 bits per heavy atom. The number of aromatic hydroxyl groups is 1. The van der Waals surface area contributed by atoms with Gasteiger partial charge in [-0.25, -0.2) is 4.39 Å². The van der Waals surface area contributed by atoms with E-state index in [4.69, 9.17) is 0 Å². The van der Waals surface area contributed by atoms with Crippen molar-refractivity contribution in [2.75, 3.05) is 11.9 Å². The first-order valence-electron chi connectivity index (χ1n) is 5.52. The van der Waals surface area contributed by atoms with E-state index in [-0.39, 0.29) is 15.8 Å². The Hall–Kier alpha value is -1.88. The van der Waals surface area contributed by atoms with Crippen molar-refractivity contribution < 1.29 is 14.3 Å². The van der Waals surface area contributed by atoms with Crippen LogP contribution in [0.4, 0.5) is 10.1 Å². The van der Waals surface area contributed by atoms with Crippen molar-refractivity contribution in [1.82, 2.24) is 0 Å². The summed E-state index contributed by atoms with van der Waals surface area (Å²) in [4.78, 5) is 13.5. The molecule has 2 aromatic rings. The Labute approximate surface area is 118 Å². The number of benzene rings is 2. The summed E-state index contributed by atoms with van der Waals surface area (Å²) >= 11 is 3.05. The van der Waals surface area contributed by atoms with Crippen LogP contribution in [0.5, 0.6) is 5.75 Å². The summed E-state index contributed by atoms with van der Waals surface area (Å²) < 4.78 is 14.1. The van der Waals surface area contributed by atoms with E-state index < -0.39 is 11.7 Å². The van der Waals surface area contributed by atoms with Crippen LogP contribution in [-0.2, 0) is 0 Å². The predicted molar refractivity (Wildman–Crippen MR) is 74.9 cm³/mol. The molecule has 1 N–H and O–H groups in total. The van der Waals surface area contributed by atoms with Gasteiger partial charge in [0.2, 0.25) is 0 Å². The van der Waals surface area contributed by atoms with Crippen LogP contribution in [-0.4, -0.2) is 18.1 Å². The Kier molecular flexibility index (Phi) is 3.85. The third-order valence-electron chi connectivity index (χ3n) is 2.72. The molecule has 0 bridgehead atoms. The highest BCUT2D eigenvalue weighted by Gasteiger charge is 2.18. The second-order valence-corrected chi connectivity index (χ2v) is 4.84. The lowest BCUT2D eigenvalue weighted by Gasteiger charge is -2.18. The van der Waals surface area contributed by atoms with Gasteiger partial charge in [-0.3, -0.25) is 4.79 Å². The van der Waals surface area contributed by atoms with Crippen LogP contribution in [0.3, 0.4) is 0 Å². The van der Waals surface area contributed by atoms with E-state index in [1.165, 1.54) is 29.2 Å². The first-order valence-corrected chi connectivity index (χ1v) is 6.31. The monoisotopic (exact) mass is 323 g/mol. The second-order valence-electron chi connectivity index (χ2n) is 3.98. The molecule has 0 aliphatic rings. The van der Waals surface area contributed by atoms with Crippen LogP contribution in [0.15, 0.2) is 46.9 Å². The fourth-order valence-corrected chi connectivity index (χ4v) is 2.01. The van der Waals surface area contributed by atoms with E-state index >= 15 is 0 Å². The fraction of sp³-hybridized carbons (Fsp3) is 0.0714. The molecular formula is C14H11BrFNO2. The highest BCUT2D eigenvalue weighted by molar-refractivity contribution is 9.10. The number of amides is 1. The summed E-state index contributed by atoms with van der Waals surface area (Å²) in [6, 6.07) is 10.7. The minimum absolute atomic E-state index is 0.00931. The van der Waals surface area contributed by atoms with Gasteiger partial charge in [-0.2, -0.15) is 0 Å². The van der Waals surface area contributed by atoms with Crippen LogP contribution in [0, 0.1) is 5.82 Å². The standard InChI is InChI=1S/C14H11BrFNO2/c1-17(9-5-7-10(18)8-6-9)14(19)11-3-2-4-12(15)13(11)16/h2-8,18H,1H3. The van der Waals surface area contributed by atoms with Gasteiger partial charge < -0.3 is 10.0 Å². The number of hydrogen-bond acceptors (Lipinski definition) is 2. The van der Waals surface area contributed by atoms with Crippen molar-refractivity contribution in [3.63, 3.8) is 0 Å². The average Bonchev–Trinajstić information content (AvgIpc) is 2.41. The highest BCUT2D eigenvalue weighted by Crippen LogP contribution is 2.23. The third-order valence-corrected chi connectivity index (χ3v) is 3.34. The molecule has 0 radical (unpaired) electrons. The normalized spacial score (nSPS) is 10.3. The average molecular weight is 324 g/mol. The molecule has 0 unspecified atom stereocenters. The molecule has 2 rings (SSSR count). The summed E-state index contributed by atoms with van der Waals surface area (Å²) in [6.45, 7) is 0. The van der Waals surface area contributed by atoms with Crippen molar-refractivity contribution in [3.05, 3.63) is 58.3 Å². The van der Waals surface area contributed by atoms with Crippen LogP contribution >= 0.6 is 15.9 Å². The van der Waals surface area contributed by atoms with Gasteiger partial charge in [-0.1, -0.05) is 6.07 Å². The quantitative estimate of drug-likeness (QED) is 0.917. The van der Waals surface area contributed by atoms with Crippen LogP contribution in [0.2, 0.25) is 0 Å². The third kappa shape index (κ3) is 2.76. The van der Waals surface area contributed by atoms with Gasteiger partial charge in [0.25, 0.3) is 5.91 Å². The lowest BCUT2D eigenvalue weighted by Crippen LogP contribution is -2.27. The number of halogens is 2. The largest absolute Gasteiger partial charge is 0.508 e. The highest BCUT2D eigenvalue weighted by atomic mass is 79.9. The number of anilines is 1. The number of rotatable bonds is 2. The molecular weight excluding hydrogens is 313 g/mol. The lowest BCUT2D eigenvalue weighted by molar-refractivity contribution is 0.0989. The number of carbonyl (C=O) groups excluding carboxylic acids is 1. The van der Waals surface area contributed by atoms with Gasteiger partial charge in [0.1, 0.15) is 11.6 Å². The van der Waals surface area contributed by atoms with Crippen molar-refractivity contribution in [1.29, 1.82) is 0 Å². The first-order chi connectivity index (χ1) is 9.00. The van der Waals surface area contributed by atoms with Crippen LogP contribution in [0.25, 0.3) is 0 Å². The van der Waals surface area contributed by atoms with Crippen LogP contribution < -0.4 is 4.90 Å². The summed E-state index contributed by atoms with van der Waals surface area (Å²) in [7, 11) is 1.55. The molecule has 3 nitrogen and oxygen atoms in total. The van der Waals surface area contributed by atoms with Crippen molar-refractivity contribution in [2.45, 2.75) is 0 Å². The molecule has 0 aromatic heterocycles. The molecule has 0 spiro atoms. The summed E-state index contributed by atoms with van der Waals surface area (Å²) in [5.74, 6) is -0.930. The number of phenolic OH excluding ortho intramolecular Hbond substituents is 1. The molecule has 0 saturated heterocycles.